The zero-order valence-corrected chi connectivity index (χ0v) is 16.2. The maximum Gasteiger partial charge on any atom is 0.330 e. The third-order valence-electron chi connectivity index (χ3n) is 4.50. The molecule has 0 unspecified atom stereocenters. The molecular weight excluding hydrogens is 344 g/mol. The van der Waals surface area contributed by atoms with Crippen LogP contribution >= 0.6 is 0 Å². The molecule has 3 N–H and O–H groups in total. The number of anilines is 2. The lowest BCUT2D eigenvalue weighted by atomic mass is 10.1. The number of amides is 1. The molecule has 1 heterocycles. The minimum Gasteiger partial charge on any atom is -0.383 e. The van der Waals surface area contributed by atoms with Crippen LogP contribution < -0.4 is 21.9 Å². The largest absolute Gasteiger partial charge is 0.383 e. The lowest BCUT2D eigenvalue weighted by Crippen LogP contribution is -2.41. The molecular formula is C20H28N4O3. The molecule has 2 rings (SSSR count). The molecule has 0 bridgehead atoms. The predicted molar refractivity (Wildman–Crippen MR) is 108 cm³/mol. The van der Waals surface area contributed by atoms with E-state index in [0.29, 0.717) is 25.1 Å². The van der Waals surface area contributed by atoms with Crippen LogP contribution in [-0.2, 0) is 6.54 Å². The van der Waals surface area contributed by atoms with Crippen LogP contribution in [0.5, 0.6) is 0 Å². The van der Waals surface area contributed by atoms with E-state index >= 15 is 0 Å². The molecule has 2 aromatic rings. The van der Waals surface area contributed by atoms with E-state index in [1.54, 1.807) is 12.1 Å². The lowest BCUT2D eigenvalue weighted by Gasteiger charge is -2.24. The summed E-state index contributed by atoms with van der Waals surface area (Å²) in [5.74, 6) is -0.268. The summed E-state index contributed by atoms with van der Waals surface area (Å²) < 4.78 is 1.33. The lowest BCUT2D eigenvalue weighted by molar-refractivity contribution is 0.0986. The number of rotatable bonds is 8. The third kappa shape index (κ3) is 4.67. The number of hydrogen-bond donors (Lipinski definition) is 2. The van der Waals surface area contributed by atoms with E-state index in [2.05, 4.69) is 4.98 Å². The number of unbranched alkanes of at least 4 members (excludes halogenated alkanes) is 2. The number of nitrogens with zero attached hydrogens (tertiary/aromatic N) is 2. The Kier molecular flexibility index (Phi) is 6.98. The van der Waals surface area contributed by atoms with Gasteiger partial charge in [-0.25, -0.2) is 4.79 Å². The van der Waals surface area contributed by atoms with Crippen molar-refractivity contribution in [2.24, 2.45) is 0 Å². The van der Waals surface area contributed by atoms with Crippen LogP contribution in [0, 0.1) is 6.92 Å². The summed E-state index contributed by atoms with van der Waals surface area (Å²) in [5, 5.41) is 0. The molecule has 1 aromatic carbocycles. The molecule has 0 aliphatic heterocycles. The number of benzene rings is 1. The number of aryl methyl sites for hydroxylation is 1. The molecule has 0 fully saturated rings. The molecule has 7 heteroatoms. The van der Waals surface area contributed by atoms with Gasteiger partial charge in [0.1, 0.15) is 5.82 Å². The van der Waals surface area contributed by atoms with Crippen LogP contribution in [0.3, 0.4) is 0 Å². The Morgan fingerprint density at radius 2 is 1.74 bits per heavy atom. The SMILES string of the molecule is CCCCN(C(=O)c1ccc(C)cc1)c1c(N)n(CCCC)c(=O)[nH]c1=O. The van der Waals surface area contributed by atoms with Gasteiger partial charge in [0.25, 0.3) is 11.5 Å². The highest BCUT2D eigenvalue weighted by molar-refractivity contribution is 6.07. The van der Waals surface area contributed by atoms with Gasteiger partial charge >= 0.3 is 5.69 Å². The Balaban J connectivity index is 2.55. The van der Waals surface area contributed by atoms with Crippen molar-refractivity contribution in [3.63, 3.8) is 0 Å². The van der Waals surface area contributed by atoms with Gasteiger partial charge in [-0.15, -0.1) is 0 Å². The van der Waals surface area contributed by atoms with Crippen molar-refractivity contribution in [2.75, 3.05) is 17.2 Å². The molecule has 146 valence electrons. The summed E-state index contributed by atoms with van der Waals surface area (Å²) in [6.07, 6.45) is 3.19. The molecule has 27 heavy (non-hydrogen) atoms. The van der Waals surface area contributed by atoms with Crippen molar-refractivity contribution in [3.05, 3.63) is 56.2 Å². The van der Waals surface area contributed by atoms with E-state index in [9.17, 15) is 14.4 Å². The number of nitrogen functional groups attached to an aromatic ring is 1. The highest BCUT2D eigenvalue weighted by Crippen LogP contribution is 2.20. The maximum atomic E-state index is 13.1. The second kappa shape index (κ2) is 9.21. The number of nitrogens with two attached hydrogens (primary N) is 1. The number of nitrogens with one attached hydrogen (secondary N) is 1. The highest BCUT2D eigenvalue weighted by atomic mass is 16.2. The molecule has 0 atom stereocenters. The summed E-state index contributed by atoms with van der Waals surface area (Å²) in [6, 6.07) is 7.16. The fourth-order valence-corrected chi connectivity index (χ4v) is 2.86. The van der Waals surface area contributed by atoms with Gasteiger partial charge in [-0.1, -0.05) is 44.4 Å². The van der Waals surface area contributed by atoms with Gasteiger partial charge < -0.3 is 10.6 Å². The predicted octanol–water partition coefficient (Wildman–Crippen LogP) is 2.67. The summed E-state index contributed by atoms with van der Waals surface area (Å²) in [7, 11) is 0. The number of H-pyrrole nitrogens is 1. The van der Waals surface area contributed by atoms with Gasteiger partial charge in [-0.05, 0) is 31.9 Å². The zero-order valence-electron chi connectivity index (χ0n) is 16.2. The van der Waals surface area contributed by atoms with Crippen molar-refractivity contribution >= 4 is 17.4 Å². The summed E-state index contributed by atoms with van der Waals surface area (Å²) in [4.78, 5) is 41.5. The van der Waals surface area contributed by atoms with Crippen molar-refractivity contribution in [2.45, 2.75) is 53.0 Å². The Morgan fingerprint density at radius 3 is 2.33 bits per heavy atom. The molecule has 0 saturated heterocycles. The first kappa shape index (κ1) is 20.5. The summed E-state index contributed by atoms with van der Waals surface area (Å²) >= 11 is 0. The number of carbonyl (C=O) groups excluding carboxylic acids is 1. The van der Waals surface area contributed by atoms with Gasteiger partial charge in [0, 0.05) is 18.7 Å². The first-order valence-electron chi connectivity index (χ1n) is 9.41. The third-order valence-corrected chi connectivity index (χ3v) is 4.50. The van der Waals surface area contributed by atoms with Crippen LogP contribution in [0.4, 0.5) is 11.5 Å². The average molecular weight is 372 g/mol. The van der Waals surface area contributed by atoms with Crippen molar-refractivity contribution in [1.82, 2.24) is 9.55 Å². The average Bonchev–Trinajstić information content (AvgIpc) is 2.64. The van der Waals surface area contributed by atoms with E-state index in [4.69, 9.17) is 5.73 Å². The molecule has 7 nitrogen and oxygen atoms in total. The fourth-order valence-electron chi connectivity index (χ4n) is 2.86. The van der Waals surface area contributed by atoms with E-state index in [-0.39, 0.29) is 17.4 Å². The maximum absolute atomic E-state index is 13.1. The second-order valence-corrected chi connectivity index (χ2v) is 6.67. The molecule has 0 spiro atoms. The minimum atomic E-state index is -0.637. The van der Waals surface area contributed by atoms with Gasteiger partial charge in [0.05, 0.1) is 0 Å². The molecule has 1 aromatic heterocycles. The van der Waals surface area contributed by atoms with Gasteiger partial charge in [-0.3, -0.25) is 19.1 Å². The van der Waals surface area contributed by atoms with Crippen LogP contribution in [0.15, 0.2) is 33.9 Å². The molecule has 0 saturated carbocycles. The molecule has 0 radical (unpaired) electrons. The van der Waals surface area contributed by atoms with E-state index in [1.807, 2.05) is 32.9 Å². The minimum absolute atomic E-state index is 0.0359. The van der Waals surface area contributed by atoms with Gasteiger partial charge in [0.2, 0.25) is 0 Å². The van der Waals surface area contributed by atoms with Gasteiger partial charge in [0.15, 0.2) is 5.69 Å². The van der Waals surface area contributed by atoms with Crippen LogP contribution in [0.2, 0.25) is 0 Å². The Bertz CT molecular complexity index is 897. The smallest absolute Gasteiger partial charge is 0.330 e. The van der Waals surface area contributed by atoms with Crippen LogP contribution in [-0.4, -0.2) is 22.0 Å². The first-order valence-corrected chi connectivity index (χ1v) is 9.41. The van der Waals surface area contributed by atoms with Crippen molar-refractivity contribution < 1.29 is 4.79 Å². The first-order chi connectivity index (χ1) is 12.9. The number of aromatic nitrogens is 2. The molecule has 0 aliphatic rings. The Morgan fingerprint density at radius 1 is 1.11 bits per heavy atom. The summed E-state index contributed by atoms with van der Waals surface area (Å²) in [6.45, 7) is 6.69. The summed E-state index contributed by atoms with van der Waals surface area (Å²) in [5.41, 5.74) is 6.56. The number of hydrogen-bond acceptors (Lipinski definition) is 4. The van der Waals surface area contributed by atoms with Crippen LogP contribution in [0.25, 0.3) is 0 Å². The topological polar surface area (TPSA) is 101 Å². The second-order valence-electron chi connectivity index (χ2n) is 6.67. The zero-order chi connectivity index (χ0) is 20.0. The normalized spacial score (nSPS) is 10.8. The Labute approximate surface area is 158 Å². The molecule has 0 aliphatic carbocycles. The van der Waals surface area contributed by atoms with Crippen molar-refractivity contribution in [1.29, 1.82) is 0 Å². The monoisotopic (exact) mass is 372 g/mol. The van der Waals surface area contributed by atoms with E-state index in [0.717, 1.165) is 24.8 Å². The highest BCUT2D eigenvalue weighted by Gasteiger charge is 2.24. The standard InChI is InChI=1S/C20H28N4O3/c1-4-6-12-23(19(26)15-10-8-14(3)9-11-15)16-17(21)24(13-7-5-2)20(27)22-18(16)25/h8-11H,4-7,12-13,21H2,1-3H3,(H,22,25,27). The Hall–Kier alpha value is -2.83. The number of carbonyl (C=O) groups is 1. The number of aromatic amines is 1. The molecule has 1 amide bonds. The fraction of sp³-hybridized carbons (Fsp3) is 0.450. The van der Waals surface area contributed by atoms with Crippen molar-refractivity contribution in [3.8, 4) is 0 Å². The van der Waals surface area contributed by atoms with E-state index in [1.165, 1.54) is 9.47 Å². The van der Waals surface area contributed by atoms with E-state index < -0.39 is 11.2 Å². The van der Waals surface area contributed by atoms with Gasteiger partial charge in [-0.2, -0.15) is 0 Å². The quantitative estimate of drug-likeness (QED) is 0.744. The van der Waals surface area contributed by atoms with Crippen LogP contribution in [0.1, 0.15) is 55.5 Å².